The van der Waals surface area contributed by atoms with Crippen molar-refractivity contribution in [2.75, 3.05) is 19.5 Å². The minimum absolute atomic E-state index is 0.108. The number of hydrogen-bond donors (Lipinski definition) is 1. The molecule has 1 aliphatic heterocycles. The average molecular weight is 485 g/mol. The second kappa shape index (κ2) is 9.64. The van der Waals surface area contributed by atoms with Gasteiger partial charge < -0.3 is 14.8 Å². The third-order valence-corrected chi connectivity index (χ3v) is 6.49. The largest absolute Gasteiger partial charge is 0.496 e. The van der Waals surface area contributed by atoms with Crippen LogP contribution in [0.1, 0.15) is 21.6 Å². The second-order valence-electron chi connectivity index (χ2n) is 6.79. The lowest BCUT2D eigenvalue weighted by atomic mass is 10.1. The maximum Gasteiger partial charge on any atom is 0.251 e. The van der Waals surface area contributed by atoms with Gasteiger partial charge in [0.2, 0.25) is 0 Å². The van der Waals surface area contributed by atoms with E-state index in [4.69, 9.17) is 9.47 Å². The predicted octanol–water partition coefficient (Wildman–Crippen LogP) is 5.07. The van der Waals surface area contributed by atoms with E-state index >= 15 is 0 Å². The summed E-state index contributed by atoms with van der Waals surface area (Å²) in [5, 5.41) is 2.97. The van der Waals surface area contributed by atoms with Crippen molar-refractivity contribution in [2.24, 2.45) is 0 Å². The van der Waals surface area contributed by atoms with E-state index in [1.165, 1.54) is 0 Å². The first kappa shape index (κ1) is 20.9. The van der Waals surface area contributed by atoms with E-state index in [1.54, 1.807) is 25.1 Å². The molecule has 3 aromatic rings. The maximum atomic E-state index is 12.7. The van der Waals surface area contributed by atoms with Gasteiger partial charge in [-0.3, -0.25) is 9.78 Å². The number of nitrogens with one attached hydrogen (secondary N) is 1. The molecule has 0 radical (unpaired) electrons. The zero-order valence-corrected chi connectivity index (χ0v) is 18.9. The van der Waals surface area contributed by atoms with Gasteiger partial charge >= 0.3 is 0 Å². The summed E-state index contributed by atoms with van der Waals surface area (Å²) in [6.07, 6.45) is 1.76. The summed E-state index contributed by atoms with van der Waals surface area (Å²) >= 11 is 5.25. The molecule has 1 aromatic heterocycles. The van der Waals surface area contributed by atoms with Gasteiger partial charge in [-0.25, -0.2) is 0 Å². The molecule has 0 spiro atoms. The molecule has 0 atom stereocenters. The third-order valence-electron chi connectivity index (χ3n) is 4.80. The summed E-state index contributed by atoms with van der Waals surface area (Å²) in [6, 6.07) is 15.6. The molecule has 7 heteroatoms. The summed E-state index contributed by atoms with van der Waals surface area (Å²) in [7, 11) is 1.64. The molecule has 1 aliphatic rings. The second-order valence-corrected chi connectivity index (χ2v) is 8.78. The first-order valence-corrected chi connectivity index (χ1v) is 11.3. The van der Waals surface area contributed by atoms with Crippen molar-refractivity contribution in [1.29, 1.82) is 0 Å². The first-order chi connectivity index (χ1) is 14.6. The van der Waals surface area contributed by atoms with Gasteiger partial charge in [-0.2, -0.15) is 0 Å². The van der Waals surface area contributed by atoms with E-state index < -0.39 is 0 Å². The van der Waals surface area contributed by atoms with Gasteiger partial charge in [0.05, 0.1) is 37.0 Å². The number of hydrogen-bond acceptors (Lipinski definition) is 5. The van der Waals surface area contributed by atoms with Crippen LogP contribution in [-0.4, -0.2) is 30.4 Å². The zero-order chi connectivity index (χ0) is 20.9. The number of fused-ring (bicyclic) bond motifs is 1. The standard InChI is InChI=1S/C23H21BrN2O3S/c1-28-21-5-4-15(11-20(21)24)16-6-7-25-19(10-16)13-26-23(27)17-2-3-18-14-29-8-9-30-22(18)12-17/h2-7,10-12H,8-9,13-14H2,1H3,(H,26,27). The zero-order valence-electron chi connectivity index (χ0n) is 16.5. The number of thioether (sulfide) groups is 1. The van der Waals surface area contributed by atoms with Crippen molar-refractivity contribution in [1.82, 2.24) is 10.3 Å². The molecule has 0 bridgehead atoms. The first-order valence-electron chi connectivity index (χ1n) is 9.54. The summed E-state index contributed by atoms with van der Waals surface area (Å²) < 4.78 is 11.7. The summed E-state index contributed by atoms with van der Waals surface area (Å²) in [5.41, 5.74) is 4.65. The van der Waals surface area contributed by atoms with E-state index in [0.717, 1.165) is 49.9 Å². The molecule has 0 aliphatic carbocycles. The van der Waals surface area contributed by atoms with Crippen molar-refractivity contribution in [3.8, 4) is 16.9 Å². The van der Waals surface area contributed by atoms with Gasteiger partial charge in [-0.15, -0.1) is 11.8 Å². The molecular formula is C23H21BrN2O3S. The summed E-state index contributed by atoms with van der Waals surface area (Å²) in [4.78, 5) is 18.2. The normalized spacial score (nSPS) is 13.3. The summed E-state index contributed by atoms with van der Waals surface area (Å²) in [6.45, 7) is 1.69. The van der Waals surface area contributed by atoms with Crippen molar-refractivity contribution < 1.29 is 14.3 Å². The molecule has 1 amide bonds. The van der Waals surface area contributed by atoms with Crippen molar-refractivity contribution in [3.63, 3.8) is 0 Å². The maximum absolute atomic E-state index is 12.7. The van der Waals surface area contributed by atoms with E-state index in [0.29, 0.717) is 18.7 Å². The number of carbonyl (C=O) groups is 1. The molecular weight excluding hydrogens is 464 g/mol. The lowest BCUT2D eigenvalue weighted by molar-refractivity contribution is 0.0950. The molecule has 4 rings (SSSR count). The van der Waals surface area contributed by atoms with Crippen LogP contribution in [0.4, 0.5) is 0 Å². The van der Waals surface area contributed by atoms with Gasteiger partial charge in [-0.05, 0) is 69.0 Å². The van der Waals surface area contributed by atoms with Gasteiger partial charge in [0.15, 0.2) is 0 Å². The number of nitrogens with zero attached hydrogens (tertiary/aromatic N) is 1. The topological polar surface area (TPSA) is 60.5 Å². The molecule has 2 aromatic carbocycles. The van der Waals surface area contributed by atoms with Gasteiger partial charge in [0, 0.05) is 22.4 Å². The van der Waals surface area contributed by atoms with Crippen LogP contribution in [0, 0.1) is 0 Å². The Bertz CT molecular complexity index is 1070. The lowest BCUT2D eigenvalue weighted by Crippen LogP contribution is -2.23. The van der Waals surface area contributed by atoms with Crippen molar-refractivity contribution in [2.45, 2.75) is 18.0 Å². The fourth-order valence-corrected chi connectivity index (χ4v) is 4.70. The monoisotopic (exact) mass is 484 g/mol. The van der Waals surface area contributed by atoms with Gasteiger partial charge in [0.1, 0.15) is 5.75 Å². The smallest absolute Gasteiger partial charge is 0.251 e. The Morgan fingerprint density at radius 3 is 2.90 bits per heavy atom. The molecule has 0 saturated carbocycles. The predicted molar refractivity (Wildman–Crippen MR) is 122 cm³/mol. The highest BCUT2D eigenvalue weighted by molar-refractivity contribution is 9.10. The number of ether oxygens (including phenoxy) is 2. The number of benzene rings is 2. The highest BCUT2D eigenvalue weighted by Gasteiger charge is 2.13. The van der Waals surface area contributed by atoms with Gasteiger partial charge in [-0.1, -0.05) is 12.1 Å². The number of methoxy groups -OCH3 is 1. The fraction of sp³-hybridized carbons (Fsp3) is 0.217. The number of pyridine rings is 1. The van der Waals surface area contributed by atoms with Crippen LogP contribution in [0.3, 0.4) is 0 Å². The molecule has 154 valence electrons. The Kier molecular flexibility index (Phi) is 6.72. The van der Waals surface area contributed by atoms with Crippen LogP contribution < -0.4 is 10.1 Å². The Balaban J connectivity index is 1.45. The van der Waals surface area contributed by atoms with Crippen LogP contribution in [0.25, 0.3) is 11.1 Å². The molecule has 0 unspecified atom stereocenters. The van der Waals surface area contributed by atoms with E-state index in [9.17, 15) is 4.79 Å². The minimum Gasteiger partial charge on any atom is -0.496 e. The fourth-order valence-electron chi connectivity index (χ4n) is 3.22. The number of halogens is 1. The van der Waals surface area contributed by atoms with E-state index in [-0.39, 0.29) is 5.91 Å². The quantitative estimate of drug-likeness (QED) is 0.547. The van der Waals surface area contributed by atoms with Crippen LogP contribution in [0.15, 0.2) is 64.1 Å². The van der Waals surface area contributed by atoms with E-state index in [1.807, 2.05) is 48.5 Å². The average Bonchev–Trinajstić information content (AvgIpc) is 3.02. The van der Waals surface area contributed by atoms with Crippen LogP contribution >= 0.6 is 27.7 Å². The Hall–Kier alpha value is -2.35. The van der Waals surface area contributed by atoms with Crippen molar-refractivity contribution >= 4 is 33.6 Å². The van der Waals surface area contributed by atoms with Crippen LogP contribution in [0.5, 0.6) is 5.75 Å². The third kappa shape index (κ3) is 4.86. The number of aromatic nitrogens is 1. The number of carbonyl (C=O) groups excluding carboxylic acids is 1. The van der Waals surface area contributed by atoms with Gasteiger partial charge in [0.25, 0.3) is 5.91 Å². The highest BCUT2D eigenvalue weighted by Crippen LogP contribution is 2.31. The minimum atomic E-state index is -0.108. The molecule has 2 heterocycles. The number of amides is 1. The Labute approximate surface area is 188 Å². The molecule has 30 heavy (non-hydrogen) atoms. The highest BCUT2D eigenvalue weighted by atomic mass is 79.9. The molecule has 5 nitrogen and oxygen atoms in total. The lowest BCUT2D eigenvalue weighted by Gasteiger charge is -2.10. The SMILES string of the molecule is COc1ccc(-c2ccnc(CNC(=O)c3ccc4c(c3)SCCOC4)c2)cc1Br. The van der Waals surface area contributed by atoms with Crippen LogP contribution in [-0.2, 0) is 17.9 Å². The number of rotatable bonds is 5. The van der Waals surface area contributed by atoms with E-state index in [2.05, 4.69) is 26.2 Å². The Morgan fingerprint density at radius 1 is 1.20 bits per heavy atom. The molecule has 0 saturated heterocycles. The molecule has 1 N–H and O–H groups in total. The summed E-state index contributed by atoms with van der Waals surface area (Å²) in [5.74, 6) is 1.57. The Morgan fingerprint density at radius 2 is 2.07 bits per heavy atom. The molecule has 0 fully saturated rings. The van der Waals surface area contributed by atoms with Crippen molar-refractivity contribution in [3.05, 3.63) is 76.0 Å². The van der Waals surface area contributed by atoms with Crippen LogP contribution in [0.2, 0.25) is 0 Å².